The second-order valence-corrected chi connectivity index (χ2v) is 5.10. The number of hydrogen-bond acceptors (Lipinski definition) is 4. The zero-order valence-corrected chi connectivity index (χ0v) is 13.4. The fourth-order valence-corrected chi connectivity index (χ4v) is 2.66. The third kappa shape index (κ3) is 3.74. The van der Waals surface area contributed by atoms with Crippen molar-refractivity contribution >= 4 is 17.7 Å². The first-order valence-electron chi connectivity index (χ1n) is 7.74. The Morgan fingerprint density at radius 2 is 1.87 bits per heavy atom. The Balaban J connectivity index is 0.000000924. The smallest absolute Gasteiger partial charge is 0.269 e. The van der Waals surface area contributed by atoms with Gasteiger partial charge < -0.3 is 4.90 Å². The summed E-state index contributed by atoms with van der Waals surface area (Å²) in [5, 5.41) is 10.8. The van der Waals surface area contributed by atoms with E-state index in [-0.39, 0.29) is 10.6 Å². The summed E-state index contributed by atoms with van der Waals surface area (Å²) < 4.78 is 0. The number of fused-ring (bicyclic) bond motifs is 1. The monoisotopic (exact) mass is 312 g/mol. The van der Waals surface area contributed by atoms with E-state index in [1.807, 2.05) is 32.0 Å². The van der Waals surface area contributed by atoms with Crippen LogP contribution in [0.15, 0.2) is 42.5 Å². The first kappa shape index (κ1) is 16.7. The molecular formula is C18H20N2O3. The third-order valence-electron chi connectivity index (χ3n) is 3.75. The summed E-state index contributed by atoms with van der Waals surface area (Å²) in [6.45, 7) is 5.59. The fourth-order valence-electron chi connectivity index (χ4n) is 2.66. The first-order valence-corrected chi connectivity index (χ1v) is 7.74. The lowest BCUT2D eigenvalue weighted by molar-refractivity contribution is -0.384. The zero-order valence-electron chi connectivity index (χ0n) is 13.4. The minimum absolute atomic E-state index is 0.144. The fraction of sp³-hybridized carbons (Fsp3) is 0.278. The molecule has 0 unspecified atom stereocenters. The molecule has 0 radical (unpaired) electrons. The van der Waals surface area contributed by atoms with Gasteiger partial charge in [-0.15, -0.1) is 0 Å². The molecule has 1 aliphatic heterocycles. The number of non-ortho nitro benzene ring substituents is 1. The standard InChI is InChI=1S/C16H14N2O3.C2H6/c19-11-13-3-1-12(2-4-13)10-17-8-7-14-9-15(18(20)21)5-6-16(14)17;1-2/h1-6,9,11H,7-8,10H2;1-2H3. The topological polar surface area (TPSA) is 63.5 Å². The van der Waals surface area contributed by atoms with Gasteiger partial charge in [0.05, 0.1) is 4.92 Å². The van der Waals surface area contributed by atoms with E-state index in [4.69, 9.17) is 0 Å². The van der Waals surface area contributed by atoms with Crippen molar-refractivity contribution in [1.82, 2.24) is 0 Å². The number of benzene rings is 2. The zero-order chi connectivity index (χ0) is 16.8. The Hall–Kier alpha value is -2.69. The van der Waals surface area contributed by atoms with Crippen LogP contribution in [0.4, 0.5) is 11.4 Å². The van der Waals surface area contributed by atoms with Crippen molar-refractivity contribution in [3.05, 3.63) is 69.3 Å². The highest BCUT2D eigenvalue weighted by Crippen LogP contribution is 2.32. The Kier molecular flexibility index (Phi) is 5.46. The summed E-state index contributed by atoms with van der Waals surface area (Å²) in [6, 6.07) is 12.5. The highest BCUT2D eigenvalue weighted by molar-refractivity contribution is 5.74. The molecule has 2 aromatic rings. The predicted octanol–water partition coefficient (Wildman–Crippen LogP) is 4.00. The lowest BCUT2D eigenvalue weighted by Crippen LogP contribution is -2.19. The molecule has 1 aliphatic rings. The van der Waals surface area contributed by atoms with Gasteiger partial charge in [-0.2, -0.15) is 0 Å². The average molecular weight is 312 g/mol. The quantitative estimate of drug-likeness (QED) is 0.486. The molecular weight excluding hydrogens is 292 g/mol. The van der Waals surface area contributed by atoms with E-state index in [2.05, 4.69) is 4.90 Å². The summed E-state index contributed by atoms with van der Waals surface area (Å²) in [5.74, 6) is 0. The molecule has 0 aromatic heterocycles. The van der Waals surface area contributed by atoms with Gasteiger partial charge in [-0.1, -0.05) is 38.1 Å². The second-order valence-electron chi connectivity index (χ2n) is 5.10. The number of rotatable bonds is 4. The molecule has 120 valence electrons. The predicted molar refractivity (Wildman–Crippen MR) is 91.0 cm³/mol. The van der Waals surface area contributed by atoms with Crippen molar-refractivity contribution < 1.29 is 9.72 Å². The summed E-state index contributed by atoms with van der Waals surface area (Å²) >= 11 is 0. The van der Waals surface area contributed by atoms with Crippen molar-refractivity contribution in [2.45, 2.75) is 26.8 Å². The number of carbonyl (C=O) groups excluding carboxylic acids is 1. The summed E-state index contributed by atoms with van der Waals surface area (Å²) in [7, 11) is 0. The van der Waals surface area contributed by atoms with E-state index in [0.29, 0.717) is 5.56 Å². The molecule has 0 N–H and O–H groups in total. The largest absolute Gasteiger partial charge is 0.367 e. The van der Waals surface area contributed by atoms with Gasteiger partial charge in [0.1, 0.15) is 6.29 Å². The highest BCUT2D eigenvalue weighted by atomic mass is 16.6. The molecule has 0 bridgehead atoms. The minimum Gasteiger partial charge on any atom is -0.367 e. The lowest BCUT2D eigenvalue weighted by Gasteiger charge is -2.19. The van der Waals surface area contributed by atoms with Gasteiger partial charge in [-0.05, 0) is 23.6 Å². The SMILES string of the molecule is CC.O=Cc1ccc(CN2CCc3cc([N+](=O)[O-])ccc32)cc1. The maximum Gasteiger partial charge on any atom is 0.269 e. The van der Waals surface area contributed by atoms with E-state index in [1.54, 1.807) is 24.3 Å². The number of anilines is 1. The highest BCUT2D eigenvalue weighted by Gasteiger charge is 2.21. The van der Waals surface area contributed by atoms with E-state index in [0.717, 1.165) is 42.6 Å². The van der Waals surface area contributed by atoms with Crippen molar-refractivity contribution in [2.75, 3.05) is 11.4 Å². The molecule has 0 saturated carbocycles. The van der Waals surface area contributed by atoms with E-state index in [9.17, 15) is 14.9 Å². The van der Waals surface area contributed by atoms with E-state index in [1.165, 1.54) is 0 Å². The van der Waals surface area contributed by atoms with Crippen molar-refractivity contribution in [3.63, 3.8) is 0 Å². The van der Waals surface area contributed by atoms with E-state index >= 15 is 0 Å². The average Bonchev–Trinajstić information content (AvgIpc) is 2.99. The number of nitro benzene ring substituents is 1. The minimum atomic E-state index is -0.360. The molecule has 2 aromatic carbocycles. The van der Waals surface area contributed by atoms with Gasteiger partial charge in [0.15, 0.2) is 0 Å². The number of carbonyl (C=O) groups is 1. The van der Waals surface area contributed by atoms with Gasteiger partial charge in [0.2, 0.25) is 0 Å². The molecule has 3 rings (SSSR count). The maximum absolute atomic E-state index is 10.8. The molecule has 0 spiro atoms. The normalized spacial score (nSPS) is 12.2. The molecule has 0 atom stereocenters. The number of nitro groups is 1. The van der Waals surface area contributed by atoms with Crippen LogP contribution >= 0.6 is 0 Å². The van der Waals surface area contributed by atoms with Crippen LogP contribution in [0, 0.1) is 10.1 Å². The molecule has 1 heterocycles. The lowest BCUT2D eigenvalue weighted by atomic mass is 10.1. The summed E-state index contributed by atoms with van der Waals surface area (Å²) in [5.41, 5.74) is 4.00. The second kappa shape index (κ2) is 7.54. The molecule has 5 nitrogen and oxygen atoms in total. The third-order valence-corrected chi connectivity index (χ3v) is 3.75. The number of nitrogens with zero attached hydrogens (tertiary/aromatic N) is 2. The van der Waals surface area contributed by atoms with Crippen LogP contribution in [0.25, 0.3) is 0 Å². The summed E-state index contributed by atoms with van der Waals surface area (Å²) in [6.07, 6.45) is 1.65. The maximum atomic E-state index is 10.8. The van der Waals surface area contributed by atoms with Gasteiger partial charge in [0, 0.05) is 36.5 Å². The van der Waals surface area contributed by atoms with Gasteiger partial charge in [0.25, 0.3) is 5.69 Å². The molecule has 0 fully saturated rings. The van der Waals surface area contributed by atoms with Crippen LogP contribution in [0.1, 0.15) is 35.3 Å². The van der Waals surface area contributed by atoms with Crippen LogP contribution in [-0.2, 0) is 13.0 Å². The van der Waals surface area contributed by atoms with Crippen LogP contribution in [0.2, 0.25) is 0 Å². The Morgan fingerprint density at radius 3 is 2.48 bits per heavy atom. The van der Waals surface area contributed by atoms with Gasteiger partial charge in [-0.25, -0.2) is 0 Å². The summed E-state index contributed by atoms with van der Waals surface area (Å²) in [4.78, 5) is 23.3. The first-order chi connectivity index (χ1) is 11.2. The van der Waals surface area contributed by atoms with Gasteiger partial charge >= 0.3 is 0 Å². The molecule has 5 heteroatoms. The Labute approximate surface area is 135 Å². The van der Waals surface area contributed by atoms with Crippen molar-refractivity contribution in [2.24, 2.45) is 0 Å². The van der Waals surface area contributed by atoms with E-state index < -0.39 is 0 Å². The van der Waals surface area contributed by atoms with Crippen molar-refractivity contribution in [1.29, 1.82) is 0 Å². The molecule has 23 heavy (non-hydrogen) atoms. The van der Waals surface area contributed by atoms with Crippen LogP contribution in [0.3, 0.4) is 0 Å². The Bertz CT molecular complexity index is 696. The molecule has 0 saturated heterocycles. The molecule has 0 amide bonds. The van der Waals surface area contributed by atoms with Crippen molar-refractivity contribution in [3.8, 4) is 0 Å². The number of hydrogen-bond donors (Lipinski definition) is 0. The van der Waals surface area contributed by atoms with Crippen LogP contribution in [-0.4, -0.2) is 17.8 Å². The van der Waals surface area contributed by atoms with Gasteiger partial charge in [-0.3, -0.25) is 14.9 Å². The number of aldehydes is 1. The Morgan fingerprint density at radius 1 is 1.17 bits per heavy atom. The van der Waals surface area contributed by atoms with Crippen LogP contribution in [0.5, 0.6) is 0 Å². The molecule has 0 aliphatic carbocycles. The van der Waals surface area contributed by atoms with Crippen LogP contribution < -0.4 is 4.90 Å².